The molecule has 52 heavy (non-hydrogen) atoms. The molecule has 0 unspecified atom stereocenters. The summed E-state index contributed by atoms with van der Waals surface area (Å²) in [6.07, 6.45) is 0. The SMILES string of the molecule is c1ccc(-c2cc3c(oc4cccc(-c5nc(-c6ccc7ccccc7c6)nc(-c6ccc7c(c6)sc6ccccc67)n5)c43)c3ccccc23)cc1. The first-order chi connectivity index (χ1) is 25.7. The smallest absolute Gasteiger partial charge is 0.164 e. The molecule has 0 fully saturated rings. The van der Waals surface area contributed by atoms with E-state index in [1.807, 2.05) is 12.1 Å². The van der Waals surface area contributed by atoms with Crippen molar-refractivity contribution in [1.29, 1.82) is 0 Å². The molecule has 0 spiro atoms. The van der Waals surface area contributed by atoms with E-state index >= 15 is 0 Å². The first kappa shape index (κ1) is 29.1. The van der Waals surface area contributed by atoms with Gasteiger partial charge in [-0.15, -0.1) is 11.3 Å². The number of rotatable bonds is 4. The minimum absolute atomic E-state index is 0.604. The van der Waals surface area contributed by atoms with Crippen molar-refractivity contribution in [2.75, 3.05) is 0 Å². The molecule has 4 nitrogen and oxygen atoms in total. The van der Waals surface area contributed by atoms with Gasteiger partial charge in [0.05, 0.1) is 0 Å². The number of fused-ring (bicyclic) bond motifs is 9. The van der Waals surface area contributed by atoms with E-state index in [9.17, 15) is 0 Å². The van der Waals surface area contributed by atoms with E-state index in [4.69, 9.17) is 19.4 Å². The zero-order valence-corrected chi connectivity index (χ0v) is 28.6. The lowest BCUT2D eigenvalue weighted by Crippen LogP contribution is -2.00. The van der Waals surface area contributed by atoms with Gasteiger partial charge in [0.2, 0.25) is 0 Å². The number of thiophene rings is 1. The average Bonchev–Trinajstić information content (AvgIpc) is 3.79. The lowest BCUT2D eigenvalue weighted by atomic mass is 9.94. The predicted octanol–water partition coefficient (Wildman–Crippen LogP) is 13.1. The van der Waals surface area contributed by atoms with Crippen molar-refractivity contribution in [2.45, 2.75) is 0 Å². The molecule has 5 heteroatoms. The van der Waals surface area contributed by atoms with Crippen molar-refractivity contribution >= 4 is 75.0 Å². The maximum absolute atomic E-state index is 6.70. The molecule has 0 aliphatic heterocycles. The molecule has 0 bridgehead atoms. The molecule has 0 saturated carbocycles. The van der Waals surface area contributed by atoms with E-state index in [0.717, 1.165) is 65.9 Å². The highest BCUT2D eigenvalue weighted by Crippen LogP contribution is 2.43. The molecule has 0 N–H and O–H groups in total. The summed E-state index contributed by atoms with van der Waals surface area (Å²) >= 11 is 1.79. The number of aromatic nitrogens is 3. The molecule has 0 aliphatic carbocycles. The third-order valence-electron chi connectivity index (χ3n) is 10.1. The molecular weight excluding hydrogens is 655 g/mol. The molecule has 242 valence electrons. The molecular formula is C47H27N3OS. The standard InChI is InChI=1S/C47H27N3OS/c1-2-12-29(13-3-1)38-27-39-43-37(18-10-19-40(43)51-44(39)36-17-7-6-15-33(36)38)47-49-45(31-22-21-28-11-4-5-14-30(28)25-31)48-46(50-47)32-23-24-35-34-16-8-9-20-41(34)52-42(35)26-32/h1-27H. The Morgan fingerprint density at radius 1 is 0.385 bits per heavy atom. The Balaban J connectivity index is 1.18. The summed E-state index contributed by atoms with van der Waals surface area (Å²) in [5.74, 6) is 1.86. The van der Waals surface area contributed by atoms with Gasteiger partial charge in [-0.1, -0.05) is 133 Å². The van der Waals surface area contributed by atoms with Gasteiger partial charge < -0.3 is 4.42 Å². The quantitative estimate of drug-likeness (QED) is 0.185. The molecule has 0 aliphatic rings. The van der Waals surface area contributed by atoms with Crippen LogP contribution >= 0.6 is 11.3 Å². The molecule has 0 saturated heterocycles. The summed E-state index contributed by atoms with van der Waals surface area (Å²) in [7, 11) is 0. The minimum atomic E-state index is 0.604. The van der Waals surface area contributed by atoms with Crippen molar-refractivity contribution in [3.05, 3.63) is 164 Å². The fraction of sp³-hybridized carbons (Fsp3) is 0. The summed E-state index contributed by atoms with van der Waals surface area (Å²) < 4.78 is 9.18. The van der Waals surface area contributed by atoms with Crippen LogP contribution in [0.2, 0.25) is 0 Å². The maximum Gasteiger partial charge on any atom is 0.164 e. The molecule has 11 aromatic rings. The van der Waals surface area contributed by atoms with Gasteiger partial charge in [-0.2, -0.15) is 0 Å². The van der Waals surface area contributed by atoms with Crippen LogP contribution in [0.5, 0.6) is 0 Å². The van der Waals surface area contributed by atoms with E-state index in [2.05, 4.69) is 152 Å². The van der Waals surface area contributed by atoms with E-state index in [1.165, 1.54) is 25.6 Å². The van der Waals surface area contributed by atoms with Crippen molar-refractivity contribution in [3.8, 4) is 45.3 Å². The Bertz CT molecular complexity index is 3200. The van der Waals surface area contributed by atoms with Crippen LogP contribution in [-0.2, 0) is 0 Å². The highest BCUT2D eigenvalue weighted by atomic mass is 32.1. The number of hydrogen-bond acceptors (Lipinski definition) is 5. The number of hydrogen-bond donors (Lipinski definition) is 0. The van der Waals surface area contributed by atoms with Crippen LogP contribution in [0.1, 0.15) is 0 Å². The first-order valence-electron chi connectivity index (χ1n) is 17.3. The van der Waals surface area contributed by atoms with Gasteiger partial charge in [-0.3, -0.25) is 0 Å². The Kier molecular flexibility index (Phi) is 6.39. The van der Waals surface area contributed by atoms with Crippen molar-refractivity contribution in [2.24, 2.45) is 0 Å². The zero-order chi connectivity index (χ0) is 34.2. The highest BCUT2D eigenvalue weighted by Gasteiger charge is 2.21. The molecule has 0 radical (unpaired) electrons. The van der Waals surface area contributed by atoms with Crippen LogP contribution in [-0.4, -0.2) is 15.0 Å². The molecule has 3 heterocycles. The van der Waals surface area contributed by atoms with E-state index < -0.39 is 0 Å². The normalized spacial score (nSPS) is 11.8. The maximum atomic E-state index is 6.70. The lowest BCUT2D eigenvalue weighted by molar-refractivity contribution is 0.673. The van der Waals surface area contributed by atoms with Gasteiger partial charge in [0.25, 0.3) is 0 Å². The second kappa shape index (κ2) is 11.4. The Morgan fingerprint density at radius 3 is 1.92 bits per heavy atom. The lowest BCUT2D eigenvalue weighted by Gasteiger charge is -2.11. The average molecular weight is 682 g/mol. The van der Waals surface area contributed by atoms with Crippen LogP contribution in [0.3, 0.4) is 0 Å². The third-order valence-corrected chi connectivity index (χ3v) is 11.2. The van der Waals surface area contributed by atoms with Gasteiger partial charge in [-0.05, 0) is 57.6 Å². The van der Waals surface area contributed by atoms with Gasteiger partial charge in [0, 0.05) is 53.0 Å². The Morgan fingerprint density at radius 2 is 1.06 bits per heavy atom. The molecule has 0 amide bonds. The van der Waals surface area contributed by atoms with Crippen LogP contribution < -0.4 is 0 Å². The van der Waals surface area contributed by atoms with E-state index in [1.54, 1.807) is 11.3 Å². The zero-order valence-electron chi connectivity index (χ0n) is 27.7. The van der Waals surface area contributed by atoms with E-state index in [0.29, 0.717) is 17.5 Å². The largest absolute Gasteiger partial charge is 0.455 e. The Labute approximate surface area is 302 Å². The summed E-state index contributed by atoms with van der Waals surface area (Å²) in [6.45, 7) is 0. The second-order valence-corrected chi connectivity index (χ2v) is 14.3. The van der Waals surface area contributed by atoms with Gasteiger partial charge in [0.1, 0.15) is 11.2 Å². The summed E-state index contributed by atoms with van der Waals surface area (Å²) in [5, 5.41) is 9.06. The first-order valence-corrected chi connectivity index (χ1v) is 18.2. The minimum Gasteiger partial charge on any atom is -0.455 e. The second-order valence-electron chi connectivity index (χ2n) is 13.2. The van der Waals surface area contributed by atoms with Crippen LogP contribution in [0.25, 0.3) is 109 Å². The summed E-state index contributed by atoms with van der Waals surface area (Å²) in [6, 6.07) is 57.4. The van der Waals surface area contributed by atoms with Gasteiger partial charge in [0.15, 0.2) is 17.5 Å². The molecule has 8 aromatic carbocycles. The molecule has 3 aromatic heterocycles. The number of nitrogens with zero attached hydrogens (tertiary/aromatic N) is 3. The van der Waals surface area contributed by atoms with Crippen LogP contribution in [0.4, 0.5) is 0 Å². The highest BCUT2D eigenvalue weighted by molar-refractivity contribution is 7.25. The van der Waals surface area contributed by atoms with Crippen molar-refractivity contribution < 1.29 is 4.42 Å². The summed E-state index contributed by atoms with van der Waals surface area (Å²) in [4.78, 5) is 15.6. The fourth-order valence-electron chi connectivity index (χ4n) is 7.64. The van der Waals surface area contributed by atoms with Crippen LogP contribution in [0.15, 0.2) is 168 Å². The molecule has 0 atom stereocenters. The monoisotopic (exact) mass is 681 g/mol. The van der Waals surface area contributed by atoms with Crippen molar-refractivity contribution in [1.82, 2.24) is 15.0 Å². The number of benzene rings is 8. The fourth-order valence-corrected chi connectivity index (χ4v) is 8.78. The third kappa shape index (κ3) is 4.57. The van der Waals surface area contributed by atoms with Gasteiger partial charge in [-0.25, -0.2) is 15.0 Å². The van der Waals surface area contributed by atoms with Gasteiger partial charge >= 0.3 is 0 Å². The number of furan rings is 1. The Hall–Kier alpha value is -6.69. The topological polar surface area (TPSA) is 51.8 Å². The van der Waals surface area contributed by atoms with Crippen molar-refractivity contribution in [3.63, 3.8) is 0 Å². The summed E-state index contributed by atoms with van der Waals surface area (Å²) in [5.41, 5.74) is 6.76. The van der Waals surface area contributed by atoms with Crippen LogP contribution in [0, 0.1) is 0 Å². The predicted molar refractivity (Wildman–Crippen MR) is 217 cm³/mol. The van der Waals surface area contributed by atoms with E-state index in [-0.39, 0.29) is 0 Å². The molecule has 11 rings (SSSR count).